The van der Waals surface area contributed by atoms with E-state index in [0.29, 0.717) is 11.4 Å². The third kappa shape index (κ3) is 4.00. The van der Waals surface area contributed by atoms with Crippen LogP contribution in [-0.2, 0) is 0 Å². The number of benzene rings is 3. The Morgan fingerprint density at radius 2 is 1.56 bits per heavy atom. The fourth-order valence-corrected chi connectivity index (χ4v) is 2.23. The molecule has 0 aromatic heterocycles. The Bertz CT molecular complexity index is 896. The van der Waals surface area contributed by atoms with E-state index < -0.39 is 10.8 Å². The molecule has 6 heteroatoms. The number of nitro groups is 1. The first-order valence-corrected chi connectivity index (χ1v) is 7.51. The number of ether oxygens (including phenoxy) is 1. The monoisotopic (exact) mass is 334 g/mol. The standard InChI is InChI=1S/C19H14N2O4/c22-19(20-15-7-3-1-4-8-15)14-11-12-18(17(13-14)21(23)24)25-16-9-5-2-6-10-16/h1-13H,(H,20,22). The lowest BCUT2D eigenvalue weighted by atomic mass is 10.1. The van der Waals surface area contributed by atoms with Gasteiger partial charge < -0.3 is 10.1 Å². The summed E-state index contributed by atoms with van der Waals surface area (Å²) in [5.74, 6) is 0.125. The zero-order valence-corrected chi connectivity index (χ0v) is 13.1. The maximum atomic E-state index is 12.3. The summed E-state index contributed by atoms with van der Waals surface area (Å²) in [6, 6.07) is 21.7. The van der Waals surface area contributed by atoms with Crippen LogP contribution in [0.2, 0.25) is 0 Å². The summed E-state index contributed by atoms with van der Waals surface area (Å²) in [6.07, 6.45) is 0. The first-order valence-electron chi connectivity index (χ1n) is 7.51. The molecule has 0 aliphatic carbocycles. The van der Waals surface area contributed by atoms with Gasteiger partial charge in [-0.3, -0.25) is 14.9 Å². The molecule has 0 aliphatic heterocycles. The zero-order valence-electron chi connectivity index (χ0n) is 13.1. The highest BCUT2D eigenvalue weighted by molar-refractivity contribution is 6.04. The van der Waals surface area contributed by atoms with E-state index in [-0.39, 0.29) is 17.0 Å². The second-order valence-electron chi connectivity index (χ2n) is 5.17. The minimum Gasteiger partial charge on any atom is -0.450 e. The molecule has 0 aliphatic rings. The van der Waals surface area contributed by atoms with Crippen LogP contribution in [-0.4, -0.2) is 10.8 Å². The zero-order chi connectivity index (χ0) is 17.6. The molecular formula is C19H14N2O4. The third-order valence-electron chi connectivity index (χ3n) is 3.42. The first kappa shape index (κ1) is 16.2. The van der Waals surface area contributed by atoms with Crippen LogP contribution in [0, 0.1) is 10.1 Å². The summed E-state index contributed by atoms with van der Waals surface area (Å²) in [5, 5.41) is 14.0. The molecule has 3 aromatic carbocycles. The van der Waals surface area contributed by atoms with Crippen molar-refractivity contribution < 1.29 is 14.5 Å². The Morgan fingerprint density at radius 3 is 2.20 bits per heavy atom. The molecule has 0 radical (unpaired) electrons. The Morgan fingerprint density at radius 1 is 0.920 bits per heavy atom. The van der Waals surface area contributed by atoms with Gasteiger partial charge in [0.2, 0.25) is 5.75 Å². The number of carbonyl (C=O) groups is 1. The van der Waals surface area contributed by atoms with Gasteiger partial charge in [0, 0.05) is 17.3 Å². The number of nitro benzene ring substituents is 1. The van der Waals surface area contributed by atoms with E-state index in [2.05, 4.69) is 5.32 Å². The summed E-state index contributed by atoms with van der Waals surface area (Å²) in [4.78, 5) is 23.1. The molecule has 0 fully saturated rings. The molecule has 0 atom stereocenters. The van der Waals surface area contributed by atoms with E-state index in [1.165, 1.54) is 18.2 Å². The second-order valence-corrected chi connectivity index (χ2v) is 5.17. The first-order chi connectivity index (χ1) is 12.1. The summed E-state index contributed by atoms with van der Waals surface area (Å²) in [6.45, 7) is 0. The van der Waals surface area contributed by atoms with Gasteiger partial charge in [-0.15, -0.1) is 0 Å². The largest absolute Gasteiger partial charge is 0.450 e. The molecule has 124 valence electrons. The van der Waals surface area contributed by atoms with Gasteiger partial charge in [0.05, 0.1) is 4.92 Å². The molecule has 3 rings (SSSR count). The average Bonchev–Trinajstić information content (AvgIpc) is 2.63. The van der Waals surface area contributed by atoms with Crippen molar-refractivity contribution >= 4 is 17.3 Å². The van der Waals surface area contributed by atoms with Crippen LogP contribution < -0.4 is 10.1 Å². The summed E-state index contributed by atoms with van der Waals surface area (Å²) < 4.78 is 5.55. The molecule has 1 N–H and O–H groups in total. The molecule has 0 heterocycles. The van der Waals surface area contributed by atoms with Gasteiger partial charge in [0.25, 0.3) is 5.91 Å². The van der Waals surface area contributed by atoms with Gasteiger partial charge in [-0.1, -0.05) is 36.4 Å². The molecule has 25 heavy (non-hydrogen) atoms. The molecular weight excluding hydrogens is 320 g/mol. The van der Waals surface area contributed by atoms with Crippen molar-refractivity contribution in [2.24, 2.45) is 0 Å². The Hall–Kier alpha value is -3.67. The highest BCUT2D eigenvalue weighted by Crippen LogP contribution is 2.32. The van der Waals surface area contributed by atoms with Crippen LogP contribution in [0.3, 0.4) is 0 Å². The van der Waals surface area contributed by atoms with E-state index in [9.17, 15) is 14.9 Å². The maximum Gasteiger partial charge on any atom is 0.312 e. The minimum atomic E-state index is -0.572. The predicted molar refractivity (Wildman–Crippen MR) is 94.0 cm³/mol. The van der Waals surface area contributed by atoms with Crippen molar-refractivity contribution in [1.82, 2.24) is 0 Å². The van der Waals surface area contributed by atoms with Gasteiger partial charge in [0.1, 0.15) is 5.75 Å². The minimum absolute atomic E-state index is 0.0764. The van der Waals surface area contributed by atoms with E-state index in [1.807, 2.05) is 12.1 Å². The molecule has 0 spiro atoms. The lowest BCUT2D eigenvalue weighted by Crippen LogP contribution is -2.12. The predicted octanol–water partition coefficient (Wildman–Crippen LogP) is 4.64. The van der Waals surface area contributed by atoms with Gasteiger partial charge in [-0.25, -0.2) is 0 Å². The quantitative estimate of drug-likeness (QED) is 0.544. The number of para-hydroxylation sites is 2. The van der Waals surface area contributed by atoms with Gasteiger partial charge in [-0.05, 0) is 36.4 Å². The van der Waals surface area contributed by atoms with Crippen LogP contribution in [0.25, 0.3) is 0 Å². The number of nitrogens with one attached hydrogen (secondary N) is 1. The topological polar surface area (TPSA) is 81.5 Å². The fourth-order valence-electron chi connectivity index (χ4n) is 2.23. The van der Waals surface area contributed by atoms with Crippen LogP contribution in [0.4, 0.5) is 11.4 Å². The summed E-state index contributed by atoms with van der Waals surface area (Å²) in [7, 11) is 0. The van der Waals surface area contributed by atoms with Gasteiger partial charge in [-0.2, -0.15) is 0 Å². The van der Waals surface area contributed by atoms with Crippen molar-refractivity contribution in [2.75, 3.05) is 5.32 Å². The SMILES string of the molecule is O=C(Nc1ccccc1)c1ccc(Oc2ccccc2)c([N+](=O)[O-])c1. The van der Waals surface area contributed by atoms with Crippen LogP contribution in [0.5, 0.6) is 11.5 Å². The molecule has 0 unspecified atom stereocenters. The fraction of sp³-hybridized carbons (Fsp3) is 0. The number of amides is 1. The number of hydrogen-bond donors (Lipinski definition) is 1. The van der Waals surface area contributed by atoms with Crippen molar-refractivity contribution in [1.29, 1.82) is 0 Å². The second kappa shape index (κ2) is 7.27. The molecule has 0 saturated carbocycles. The van der Waals surface area contributed by atoms with Crippen LogP contribution in [0.1, 0.15) is 10.4 Å². The van der Waals surface area contributed by atoms with Crippen molar-refractivity contribution in [3.63, 3.8) is 0 Å². The van der Waals surface area contributed by atoms with Crippen LogP contribution in [0.15, 0.2) is 78.9 Å². The molecule has 6 nitrogen and oxygen atoms in total. The van der Waals surface area contributed by atoms with E-state index >= 15 is 0 Å². The molecule has 0 bridgehead atoms. The van der Waals surface area contributed by atoms with E-state index in [1.54, 1.807) is 48.5 Å². The Kier molecular flexibility index (Phi) is 4.71. The normalized spacial score (nSPS) is 10.1. The maximum absolute atomic E-state index is 12.3. The van der Waals surface area contributed by atoms with E-state index in [0.717, 1.165) is 0 Å². The number of carbonyl (C=O) groups excluding carboxylic acids is 1. The lowest BCUT2D eigenvalue weighted by molar-refractivity contribution is -0.385. The molecule has 0 saturated heterocycles. The number of hydrogen-bond acceptors (Lipinski definition) is 4. The number of anilines is 1. The average molecular weight is 334 g/mol. The lowest BCUT2D eigenvalue weighted by Gasteiger charge is -2.08. The van der Waals surface area contributed by atoms with Crippen molar-refractivity contribution in [3.05, 3.63) is 94.5 Å². The Balaban J connectivity index is 1.86. The summed E-state index contributed by atoms with van der Waals surface area (Å²) in [5.41, 5.74) is 0.514. The Labute approximate surface area is 143 Å². The van der Waals surface area contributed by atoms with Crippen LogP contribution >= 0.6 is 0 Å². The third-order valence-corrected chi connectivity index (χ3v) is 3.42. The number of nitrogens with zero attached hydrogens (tertiary/aromatic N) is 1. The van der Waals surface area contributed by atoms with E-state index in [4.69, 9.17) is 4.74 Å². The van der Waals surface area contributed by atoms with Crippen molar-refractivity contribution in [2.45, 2.75) is 0 Å². The molecule has 1 amide bonds. The van der Waals surface area contributed by atoms with Gasteiger partial charge >= 0.3 is 5.69 Å². The number of rotatable bonds is 5. The highest BCUT2D eigenvalue weighted by atomic mass is 16.6. The smallest absolute Gasteiger partial charge is 0.312 e. The highest BCUT2D eigenvalue weighted by Gasteiger charge is 2.19. The van der Waals surface area contributed by atoms with Crippen molar-refractivity contribution in [3.8, 4) is 11.5 Å². The molecule has 3 aromatic rings. The van der Waals surface area contributed by atoms with Gasteiger partial charge in [0.15, 0.2) is 0 Å². The summed E-state index contributed by atoms with van der Waals surface area (Å²) >= 11 is 0.